The minimum absolute atomic E-state index is 0.224. The molecule has 0 N–H and O–H groups in total. The van der Waals surface area contributed by atoms with Gasteiger partial charge in [-0.25, -0.2) is 13.4 Å². The van der Waals surface area contributed by atoms with Crippen LogP contribution in [-0.2, 0) is 21.8 Å². The summed E-state index contributed by atoms with van der Waals surface area (Å²) in [7, 11) is -1.76. The molecule has 1 aliphatic rings. The number of nitrogens with zero attached hydrogens (tertiary/aromatic N) is 4. The molecule has 0 radical (unpaired) electrons. The molecule has 2 aromatic rings. The standard InChI is InChI=1S/C15H22N4O3S/c1-4-19(9-12-5-6-22-10-12)23(20,21)13-7-14-11(2)17-18(3)15(14)16-8-13/h7-8,12H,4-6,9-10H2,1-3H3/t12-/m1/s1. The molecule has 0 amide bonds. The van der Waals surface area contributed by atoms with Crippen LogP contribution in [0.1, 0.15) is 19.0 Å². The molecule has 1 saturated heterocycles. The molecule has 0 saturated carbocycles. The van der Waals surface area contributed by atoms with Gasteiger partial charge in [-0.1, -0.05) is 6.92 Å². The van der Waals surface area contributed by atoms with Gasteiger partial charge in [-0.15, -0.1) is 0 Å². The highest BCUT2D eigenvalue weighted by molar-refractivity contribution is 7.89. The second-order valence-electron chi connectivity index (χ2n) is 5.94. The van der Waals surface area contributed by atoms with Crippen molar-refractivity contribution in [2.24, 2.45) is 13.0 Å². The Morgan fingerprint density at radius 2 is 2.26 bits per heavy atom. The van der Waals surface area contributed by atoms with E-state index in [0.29, 0.717) is 32.0 Å². The van der Waals surface area contributed by atoms with Gasteiger partial charge < -0.3 is 4.74 Å². The van der Waals surface area contributed by atoms with E-state index in [0.717, 1.165) is 17.5 Å². The van der Waals surface area contributed by atoms with Gasteiger partial charge in [0.2, 0.25) is 10.0 Å². The summed E-state index contributed by atoms with van der Waals surface area (Å²) in [4.78, 5) is 4.51. The molecule has 0 aliphatic carbocycles. The number of sulfonamides is 1. The van der Waals surface area contributed by atoms with E-state index >= 15 is 0 Å². The van der Waals surface area contributed by atoms with Crippen LogP contribution in [-0.4, -0.2) is 53.8 Å². The number of rotatable bonds is 5. The lowest BCUT2D eigenvalue weighted by Gasteiger charge is -2.23. The maximum absolute atomic E-state index is 12.9. The van der Waals surface area contributed by atoms with E-state index in [1.165, 1.54) is 10.5 Å². The van der Waals surface area contributed by atoms with Crippen molar-refractivity contribution in [3.05, 3.63) is 18.0 Å². The number of hydrogen-bond acceptors (Lipinski definition) is 5. The van der Waals surface area contributed by atoms with Gasteiger partial charge in [-0.3, -0.25) is 4.68 Å². The molecule has 7 nitrogen and oxygen atoms in total. The first kappa shape index (κ1) is 16.4. The summed E-state index contributed by atoms with van der Waals surface area (Å²) in [6, 6.07) is 1.67. The molecule has 2 aromatic heterocycles. The van der Waals surface area contributed by atoms with Crippen molar-refractivity contribution in [2.75, 3.05) is 26.3 Å². The highest BCUT2D eigenvalue weighted by atomic mass is 32.2. The first-order valence-electron chi connectivity index (χ1n) is 7.80. The molecular formula is C15H22N4O3S. The molecule has 8 heteroatoms. The lowest BCUT2D eigenvalue weighted by atomic mass is 10.1. The van der Waals surface area contributed by atoms with Crippen molar-refractivity contribution in [2.45, 2.75) is 25.2 Å². The van der Waals surface area contributed by atoms with Crippen molar-refractivity contribution in [3.8, 4) is 0 Å². The van der Waals surface area contributed by atoms with Crippen LogP contribution in [0.3, 0.4) is 0 Å². The average molecular weight is 338 g/mol. The Hall–Kier alpha value is -1.51. The second-order valence-corrected chi connectivity index (χ2v) is 7.87. The Morgan fingerprint density at radius 3 is 2.91 bits per heavy atom. The minimum Gasteiger partial charge on any atom is -0.381 e. The Labute approximate surface area is 136 Å². The molecular weight excluding hydrogens is 316 g/mol. The van der Waals surface area contributed by atoms with Crippen molar-refractivity contribution < 1.29 is 13.2 Å². The molecule has 0 unspecified atom stereocenters. The van der Waals surface area contributed by atoms with Crippen molar-refractivity contribution >= 4 is 21.1 Å². The van der Waals surface area contributed by atoms with Gasteiger partial charge in [0.1, 0.15) is 4.90 Å². The fourth-order valence-electron chi connectivity index (χ4n) is 2.99. The maximum Gasteiger partial charge on any atom is 0.244 e. The summed E-state index contributed by atoms with van der Waals surface area (Å²) >= 11 is 0. The minimum atomic E-state index is -3.56. The number of fused-ring (bicyclic) bond motifs is 1. The lowest BCUT2D eigenvalue weighted by Crippen LogP contribution is -2.35. The van der Waals surface area contributed by atoms with Crippen LogP contribution < -0.4 is 0 Å². The van der Waals surface area contributed by atoms with Gasteiger partial charge in [-0.2, -0.15) is 9.40 Å². The van der Waals surface area contributed by atoms with Crippen LogP contribution in [0.2, 0.25) is 0 Å². The topological polar surface area (TPSA) is 77.3 Å². The third-order valence-electron chi connectivity index (χ3n) is 4.31. The summed E-state index contributed by atoms with van der Waals surface area (Å²) in [5.41, 5.74) is 1.47. The summed E-state index contributed by atoms with van der Waals surface area (Å²) < 4.78 is 34.4. The van der Waals surface area contributed by atoms with Gasteiger partial charge in [-0.05, 0) is 25.3 Å². The fourth-order valence-corrected chi connectivity index (χ4v) is 4.49. The predicted octanol–water partition coefficient (Wildman–Crippen LogP) is 1.32. The Balaban J connectivity index is 1.95. The first-order chi connectivity index (χ1) is 10.9. The van der Waals surface area contributed by atoms with E-state index in [1.807, 2.05) is 13.8 Å². The van der Waals surface area contributed by atoms with Gasteiger partial charge in [0.15, 0.2) is 5.65 Å². The maximum atomic E-state index is 12.9. The quantitative estimate of drug-likeness (QED) is 0.822. The average Bonchev–Trinajstić information content (AvgIpc) is 3.13. The number of hydrogen-bond donors (Lipinski definition) is 0. The molecule has 0 spiro atoms. The molecule has 1 fully saturated rings. The van der Waals surface area contributed by atoms with E-state index in [1.54, 1.807) is 17.8 Å². The van der Waals surface area contributed by atoms with Crippen molar-refractivity contribution in [1.29, 1.82) is 0 Å². The number of pyridine rings is 1. The molecule has 1 atom stereocenters. The van der Waals surface area contributed by atoms with Crippen molar-refractivity contribution in [1.82, 2.24) is 19.1 Å². The summed E-state index contributed by atoms with van der Waals surface area (Å²) in [5.74, 6) is 0.265. The van der Waals surface area contributed by atoms with Crippen LogP contribution in [0.4, 0.5) is 0 Å². The van der Waals surface area contributed by atoms with Crippen LogP contribution in [0, 0.1) is 12.8 Å². The predicted molar refractivity (Wildman–Crippen MR) is 86.6 cm³/mol. The first-order valence-corrected chi connectivity index (χ1v) is 9.24. The molecule has 0 bridgehead atoms. The van der Waals surface area contributed by atoms with E-state index in [9.17, 15) is 8.42 Å². The molecule has 1 aliphatic heterocycles. The van der Waals surface area contributed by atoms with Gasteiger partial charge in [0.25, 0.3) is 0 Å². The molecule has 3 rings (SSSR count). The van der Waals surface area contributed by atoms with Crippen LogP contribution in [0.5, 0.6) is 0 Å². The normalized spacial score (nSPS) is 19.0. The third-order valence-corrected chi connectivity index (χ3v) is 6.22. The van der Waals surface area contributed by atoms with Gasteiger partial charge in [0.05, 0.1) is 12.3 Å². The Kier molecular flexibility index (Phi) is 4.39. The monoisotopic (exact) mass is 338 g/mol. The molecule has 0 aromatic carbocycles. The SMILES string of the molecule is CCN(C[C@H]1CCOC1)S(=O)(=O)c1cnc2c(c1)c(C)nn2C. The van der Waals surface area contributed by atoms with E-state index in [4.69, 9.17) is 4.74 Å². The number of aromatic nitrogens is 3. The van der Waals surface area contributed by atoms with Crippen LogP contribution in [0.15, 0.2) is 17.2 Å². The third kappa shape index (κ3) is 2.98. The van der Waals surface area contributed by atoms with Crippen LogP contribution >= 0.6 is 0 Å². The second kappa shape index (κ2) is 6.18. The zero-order chi connectivity index (χ0) is 16.6. The zero-order valence-corrected chi connectivity index (χ0v) is 14.5. The van der Waals surface area contributed by atoms with E-state index in [2.05, 4.69) is 10.1 Å². The zero-order valence-electron chi connectivity index (χ0n) is 13.7. The summed E-state index contributed by atoms with van der Waals surface area (Å²) in [5, 5.41) is 5.06. The van der Waals surface area contributed by atoms with E-state index < -0.39 is 10.0 Å². The number of ether oxygens (including phenoxy) is 1. The van der Waals surface area contributed by atoms with Crippen molar-refractivity contribution in [3.63, 3.8) is 0 Å². The Bertz CT molecular complexity index is 809. The van der Waals surface area contributed by atoms with E-state index in [-0.39, 0.29) is 10.8 Å². The highest BCUT2D eigenvalue weighted by Gasteiger charge is 2.28. The summed E-state index contributed by atoms with van der Waals surface area (Å²) in [6.45, 7) is 5.98. The molecule has 126 valence electrons. The Morgan fingerprint density at radius 1 is 1.48 bits per heavy atom. The van der Waals surface area contributed by atoms with Crippen LogP contribution in [0.25, 0.3) is 11.0 Å². The summed E-state index contributed by atoms with van der Waals surface area (Å²) in [6.07, 6.45) is 2.33. The molecule has 23 heavy (non-hydrogen) atoms. The highest BCUT2D eigenvalue weighted by Crippen LogP contribution is 2.24. The number of aryl methyl sites for hydroxylation is 2. The smallest absolute Gasteiger partial charge is 0.244 e. The lowest BCUT2D eigenvalue weighted by molar-refractivity contribution is 0.181. The van der Waals surface area contributed by atoms with Gasteiger partial charge >= 0.3 is 0 Å². The fraction of sp³-hybridized carbons (Fsp3) is 0.600. The largest absolute Gasteiger partial charge is 0.381 e. The molecule has 3 heterocycles. The van der Waals surface area contributed by atoms with Gasteiger partial charge in [0, 0.05) is 38.3 Å².